The summed E-state index contributed by atoms with van der Waals surface area (Å²) in [6, 6.07) is 4.61. The highest BCUT2D eigenvalue weighted by Crippen LogP contribution is 2.10. The van der Waals surface area contributed by atoms with E-state index in [-0.39, 0.29) is 6.42 Å². The number of hydrogen-bond acceptors (Lipinski definition) is 5. The van der Waals surface area contributed by atoms with Crippen LogP contribution in [-0.4, -0.2) is 53.1 Å². The van der Waals surface area contributed by atoms with Gasteiger partial charge in [-0.05, 0) is 49.9 Å². The van der Waals surface area contributed by atoms with Crippen LogP contribution in [0.25, 0.3) is 0 Å². The number of aliphatic carboxylic acids is 2. The van der Waals surface area contributed by atoms with Crippen LogP contribution in [0.4, 0.5) is 4.79 Å². The van der Waals surface area contributed by atoms with E-state index in [1.165, 1.54) is 0 Å². The molecule has 0 saturated carbocycles. The molecule has 1 aromatic rings. The van der Waals surface area contributed by atoms with Gasteiger partial charge in [0.1, 0.15) is 12.3 Å². The lowest BCUT2D eigenvalue weighted by atomic mass is 10.1. The summed E-state index contributed by atoms with van der Waals surface area (Å²) in [6.45, 7) is 1.39. The van der Waals surface area contributed by atoms with Crippen LogP contribution in [0.5, 0.6) is 0 Å². The quantitative estimate of drug-likeness (QED) is 0.225. The summed E-state index contributed by atoms with van der Waals surface area (Å²) in [5.41, 5.74) is 1.07. The number of carbonyl (C=O) groups is 4. The summed E-state index contributed by atoms with van der Waals surface area (Å²) in [5, 5.41) is 26.2. The monoisotopic (exact) mass is 427 g/mol. The molecule has 1 aromatic carbocycles. The average Bonchev–Trinajstić information content (AvgIpc) is 2.66. The Hall–Kier alpha value is -2.65. The molecule has 0 aromatic heterocycles. The standard InChI is InChI=1S/C19H26ClN3O6/c20-14-5-3-4-13(10-14)11-21-9-2-1-6-15(12-24)22-19(29)23-16(18(27)28)7-8-17(25)26/h3-5,10,12,15-16,21H,1-2,6-9,11H2,(H,25,26)(H,27,28)(H2,22,23,29)/t15-,16-/m0/s1. The lowest BCUT2D eigenvalue weighted by Crippen LogP contribution is -2.49. The zero-order valence-electron chi connectivity index (χ0n) is 15.9. The predicted molar refractivity (Wildman–Crippen MR) is 107 cm³/mol. The number of nitrogens with one attached hydrogen (secondary N) is 3. The van der Waals surface area contributed by atoms with Crippen LogP contribution in [0.2, 0.25) is 5.02 Å². The van der Waals surface area contributed by atoms with E-state index in [1.807, 2.05) is 18.2 Å². The second-order valence-corrected chi connectivity index (χ2v) is 6.92. The molecule has 5 N–H and O–H groups in total. The van der Waals surface area contributed by atoms with Crippen molar-refractivity contribution in [3.8, 4) is 0 Å². The number of rotatable bonds is 14. The van der Waals surface area contributed by atoms with Gasteiger partial charge in [0, 0.05) is 18.0 Å². The van der Waals surface area contributed by atoms with Crippen molar-refractivity contribution in [2.45, 2.75) is 50.7 Å². The molecule has 0 heterocycles. The Bertz CT molecular complexity index is 700. The summed E-state index contributed by atoms with van der Waals surface area (Å²) in [5.74, 6) is -2.50. The van der Waals surface area contributed by atoms with Gasteiger partial charge in [0.15, 0.2) is 0 Å². The van der Waals surface area contributed by atoms with Crippen LogP contribution in [0, 0.1) is 0 Å². The number of halogens is 1. The molecule has 9 nitrogen and oxygen atoms in total. The zero-order chi connectivity index (χ0) is 21.6. The molecular weight excluding hydrogens is 402 g/mol. The number of carbonyl (C=O) groups excluding carboxylic acids is 2. The van der Waals surface area contributed by atoms with Gasteiger partial charge in [0.05, 0.1) is 6.04 Å². The van der Waals surface area contributed by atoms with Crippen molar-refractivity contribution in [2.24, 2.45) is 0 Å². The fraction of sp³-hybridized carbons (Fsp3) is 0.474. The van der Waals surface area contributed by atoms with E-state index in [4.69, 9.17) is 21.8 Å². The molecule has 10 heteroatoms. The first kappa shape index (κ1) is 24.4. The van der Waals surface area contributed by atoms with Gasteiger partial charge in [0.25, 0.3) is 0 Å². The van der Waals surface area contributed by atoms with E-state index >= 15 is 0 Å². The molecule has 29 heavy (non-hydrogen) atoms. The molecule has 160 valence electrons. The highest BCUT2D eigenvalue weighted by atomic mass is 35.5. The second-order valence-electron chi connectivity index (χ2n) is 6.49. The van der Waals surface area contributed by atoms with Gasteiger partial charge in [-0.1, -0.05) is 23.7 Å². The third-order valence-electron chi connectivity index (χ3n) is 4.07. The summed E-state index contributed by atoms with van der Waals surface area (Å²) in [7, 11) is 0. The van der Waals surface area contributed by atoms with Crippen molar-refractivity contribution >= 4 is 35.9 Å². The first-order chi connectivity index (χ1) is 13.8. The minimum Gasteiger partial charge on any atom is -0.481 e. The fourth-order valence-electron chi connectivity index (χ4n) is 2.56. The fourth-order valence-corrected chi connectivity index (χ4v) is 2.77. The Labute approximate surface area is 173 Å². The third-order valence-corrected chi connectivity index (χ3v) is 4.30. The number of carboxylic acid groups (broad SMARTS) is 2. The molecule has 0 aliphatic carbocycles. The summed E-state index contributed by atoms with van der Waals surface area (Å²) < 4.78 is 0. The number of carboxylic acids is 2. The van der Waals surface area contributed by atoms with Gasteiger partial charge in [0.2, 0.25) is 0 Å². The van der Waals surface area contributed by atoms with Crippen molar-refractivity contribution in [1.82, 2.24) is 16.0 Å². The molecule has 2 amide bonds. The zero-order valence-corrected chi connectivity index (χ0v) is 16.7. The van der Waals surface area contributed by atoms with Crippen LogP contribution >= 0.6 is 11.6 Å². The first-order valence-corrected chi connectivity index (χ1v) is 9.61. The van der Waals surface area contributed by atoms with E-state index in [1.54, 1.807) is 6.07 Å². The van der Waals surface area contributed by atoms with Gasteiger partial charge in [-0.3, -0.25) is 4.79 Å². The van der Waals surface area contributed by atoms with Gasteiger partial charge in [-0.15, -0.1) is 0 Å². The lowest BCUT2D eigenvalue weighted by molar-refractivity contribution is -0.140. The van der Waals surface area contributed by atoms with Crippen LogP contribution in [0.1, 0.15) is 37.7 Å². The SMILES string of the molecule is O=C[C@H](CCCCNCc1cccc(Cl)c1)NC(=O)N[C@@H](CCC(=O)O)C(=O)O. The van der Waals surface area contributed by atoms with Crippen molar-refractivity contribution < 1.29 is 29.4 Å². The Morgan fingerprint density at radius 3 is 2.48 bits per heavy atom. The molecule has 0 bridgehead atoms. The number of benzene rings is 1. The molecule has 0 spiro atoms. The van der Waals surface area contributed by atoms with Gasteiger partial charge >= 0.3 is 18.0 Å². The molecule has 2 atom stereocenters. The molecule has 0 unspecified atom stereocenters. The molecule has 0 fully saturated rings. The van der Waals surface area contributed by atoms with Crippen molar-refractivity contribution in [3.05, 3.63) is 34.9 Å². The van der Waals surface area contributed by atoms with Gasteiger partial charge in [-0.25, -0.2) is 9.59 Å². The van der Waals surface area contributed by atoms with Crippen LogP contribution in [0.15, 0.2) is 24.3 Å². The highest BCUT2D eigenvalue weighted by Gasteiger charge is 2.22. The Balaban J connectivity index is 2.26. The normalized spacial score (nSPS) is 12.6. The largest absolute Gasteiger partial charge is 0.481 e. The molecule has 0 aliphatic rings. The van der Waals surface area contributed by atoms with E-state index in [2.05, 4.69) is 16.0 Å². The molecule has 0 radical (unpaired) electrons. The lowest BCUT2D eigenvalue weighted by Gasteiger charge is -2.17. The Morgan fingerprint density at radius 1 is 1.10 bits per heavy atom. The summed E-state index contributed by atoms with van der Waals surface area (Å²) >= 11 is 5.92. The maximum Gasteiger partial charge on any atom is 0.326 e. The number of hydrogen-bond donors (Lipinski definition) is 5. The topological polar surface area (TPSA) is 145 Å². The number of amides is 2. The molecule has 1 rings (SSSR count). The predicted octanol–water partition coefficient (Wildman–Crippen LogP) is 1.78. The van der Waals surface area contributed by atoms with Gasteiger partial charge in [-0.2, -0.15) is 0 Å². The molecule has 0 saturated heterocycles. The van der Waals surface area contributed by atoms with Crippen molar-refractivity contribution in [3.63, 3.8) is 0 Å². The maximum absolute atomic E-state index is 11.9. The van der Waals surface area contributed by atoms with Crippen LogP contribution in [-0.2, 0) is 20.9 Å². The molecular formula is C19H26ClN3O6. The number of unbranched alkanes of at least 4 members (excludes halogenated alkanes) is 1. The van der Waals surface area contributed by atoms with Gasteiger partial charge < -0.3 is 31.0 Å². The van der Waals surface area contributed by atoms with E-state index in [0.29, 0.717) is 30.7 Å². The minimum atomic E-state index is -1.34. The Kier molecular flexibility index (Phi) is 11.4. The van der Waals surface area contributed by atoms with Crippen molar-refractivity contribution in [1.29, 1.82) is 0 Å². The maximum atomic E-state index is 11.9. The smallest absolute Gasteiger partial charge is 0.326 e. The van der Waals surface area contributed by atoms with Crippen molar-refractivity contribution in [2.75, 3.05) is 6.54 Å². The minimum absolute atomic E-state index is 0.248. The van der Waals surface area contributed by atoms with E-state index in [0.717, 1.165) is 18.5 Å². The Morgan fingerprint density at radius 2 is 1.86 bits per heavy atom. The summed E-state index contributed by atoms with van der Waals surface area (Å²) in [6.07, 6.45) is 1.81. The second kappa shape index (κ2) is 13.5. The number of urea groups is 1. The van der Waals surface area contributed by atoms with E-state index in [9.17, 15) is 19.2 Å². The molecule has 0 aliphatic heterocycles. The first-order valence-electron chi connectivity index (χ1n) is 9.24. The van der Waals surface area contributed by atoms with Crippen LogP contribution < -0.4 is 16.0 Å². The third kappa shape index (κ3) is 11.1. The number of aldehydes is 1. The highest BCUT2D eigenvalue weighted by molar-refractivity contribution is 6.30. The average molecular weight is 428 g/mol. The van der Waals surface area contributed by atoms with Crippen LogP contribution in [0.3, 0.4) is 0 Å². The van der Waals surface area contributed by atoms with E-state index < -0.39 is 36.5 Å². The summed E-state index contributed by atoms with van der Waals surface area (Å²) in [4.78, 5) is 44.6.